The molecule has 1 amide bonds. The molecule has 6 nitrogen and oxygen atoms in total. The van der Waals surface area contributed by atoms with Gasteiger partial charge < -0.3 is 4.74 Å². The summed E-state index contributed by atoms with van der Waals surface area (Å²) < 4.78 is 20.9. The van der Waals surface area contributed by atoms with Gasteiger partial charge in [0.1, 0.15) is 11.9 Å². The molecule has 2 aromatic rings. The second kappa shape index (κ2) is 5.35. The number of nitrogens with zero attached hydrogens (tertiary/aromatic N) is 4. The van der Waals surface area contributed by atoms with E-state index >= 15 is 0 Å². The van der Waals surface area contributed by atoms with Crippen molar-refractivity contribution in [3.63, 3.8) is 0 Å². The second-order valence-electron chi connectivity index (χ2n) is 4.34. The summed E-state index contributed by atoms with van der Waals surface area (Å²) in [6, 6.07) is 4.66. The van der Waals surface area contributed by atoms with E-state index in [0.29, 0.717) is 22.3 Å². The van der Waals surface area contributed by atoms with E-state index in [-0.39, 0.29) is 11.9 Å². The van der Waals surface area contributed by atoms with Gasteiger partial charge in [-0.05, 0) is 40.8 Å². The number of ether oxygens (including phenoxy) is 1. The van der Waals surface area contributed by atoms with E-state index in [1.807, 2.05) is 22.6 Å². The Hall–Kier alpha value is -1.71. The highest BCUT2D eigenvalue weighted by molar-refractivity contribution is 14.1. The van der Waals surface area contributed by atoms with Crippen molar-refractivity contribution in [2.24, 2.45) is 0 Å². The van der Waals surface area contributed by atoms with Crippen molar-refractivity contribution >= 4 is 34.4 Å². The number of carbonyl (C=O) groups excluding carboxylic acids is 1. The molecule has 2 heterocycles. The third-order valence-corrected chi connectivity index (χ3v) is 3.83. The Morgan fingerprint density at radius 1 is 1.50 bits per heavy atom. The summed E-state index contributed by atoms with van der Waals surface area (Å²) >= 11 is 1.90. The fourth-order valence-corrected chi connectivity index (χ4v) is 2.35. The smallest absolute Gasteiger partial charge is 0.414 e. The van der Waals surface area contributed by atoms with Crippen molar-refractivity contribution < 1.29 is 13.9 Å². The SMILES string of the molecule is O=C1OC(Cn2ccnn2)CN1c1ccc(I)c(F)c1. The quantitative estimate of drug-likeness (QED) is 0.756. The van der Waals surface area contributed by atoms with Gasteiger partial charge in [-0.25, -0.2) is 13.9 Å². The van der Waals surface area contributed by atoms with Crippen LogP contribution in [0.3, 0.4) is 0 Å². The first kappa shape index (κ1) is 13.3. The predicted octanol–water partition coefficient (Wildman–Crippen LogP) is 2.05. The van der Waals surface area contributed by atoms with Crippen molar-refractivity contribution in [3.8, 4) is 0 Å². The molecule has 0 saturated carbocycles. The molecule has 1 aromatic carbocycles. The number of carbonyl (C=O) groups is 1. The van der Waals surface area contributed by atoms with Crippen molar-refractivity contribution in [2.75, 3.05) is 11.4 Å². The van der Waals surface area contributed by atoms with Gasteiger partial charge in [-0.1, -0.05) is 5.21 Å². The maximum atomic E-state index is 13.6. The van der Waals surface area contributed by atoms with E-state index in [2.05, 4.69) is 10.3 Å². The topological polar surface area (TPSA) is 60.3 Å². The van der Waals surface area contributed by atoms with Crippen molar-refractivity contribution in [1.29, 1.82) is 0 Å². The van der Waals surface area contributed by atoms with Crippen molar-refractivity contribution in [1.82, 2.24) is 15.0 Å². The maximum absolute atomic E-state index is 13.6. The van der Waals surface area contributed by atoms with Crippen LogP contribution < -0.4 is 4.90 Å². The van der Waals surface area contributed by atoms with E-state index in [1.165, 1.54) is 11.0 Å². The first-order chi connectivity index (χ1) is 9.63. The Morgan fingerprint density at radius 3 is 3.05 bits per heavy atom. The molecule has 1 saturated heterocycles. The minimum absolute atomic E-state index is 0.327. The Kier molecular flexibility index (Phi) is 3.55. The molecule has 0 bridgehead atoms. The third-order valence-electron chi connectivity index (χ3n) is 2.95. The molecule has 0 N–H and O–H groups in total. The fraction of sp³-hybridized carbons (Fsp3) is 0.250. The van der Waals surface area contributed by atoms with E-state index in [0.717, 1.165) is 0 Å². The Balaban J connectivity index is 1.75. The van der Waals surface area contributed by atoms with Crippen LogP contribution in [0.1, 0.15) is 0 Å². The fourth-order valence-electron chi connectivity index (χ4n) is 2.02. The van der Waals surface area contributed by atoms with Gasteiger partial charge >= 0.3 is 6.09 Å². The third kappa shape index (κ3) is 2.60. The van der Waals surface area contributed by atoms with Crippen molar-refractivity contribution in [3.05, 3.63) is 40.0 Å². The molecule has 1 aliphatic rings. The van der Waals surface area contributed by atoms with Crippen LogP contribution in [0.15, 0.2) is 30.6 Å². The molecule has 1 fully saturated rings. The largest absolute Gasteiger partial charge is 0.442 e. The van der Waals surface area contributed by atoms with Crippen LogP contribution in [0.25, 0.3) is 0 Å². The van der Waals surface area contributed by atoms with E-state index < -0.39 is 6.09 Å². The summed E-state index contributed by atoms with van der Waals surface area (Å²) in [6.07, 6.45) is 2.45. The first-order valence-electron chi connectivity index (χ1n) is 5.91. The Bertz CT molecular complexity index is 634. The number of anilines is 1. The van der Waals surface area contributed by atoms with Gasteiger partial charge in [0.05, 0.1) is 25.0 Å². The number of hydrogen-bond acceptors (Lipinski definition) is 4. The van der Waals surface area contributed by atoms with Crippen LogP contribution in [0, 0.1) is 9.39 Å². The van der Waals surface area contributed by atoms with Crippen LogP contribution in [-0.4, -0.2) is 33.7 Å². The molecule has 0 radical (unpaired) electrons. The number of rotatable bonds is 3. The molecule has 1 aromatic heterocycles. The summed E-state index contributed by atoms with van der Waals surface area (Å²) in [5.74, 6) is -0.351. The zero-order chi connectivity index (χ0) is 14.1. The molecule has 0 spiro atoms. The average molecular weight is 388 g/mol. The van der Waals surface area contributed by atoms with Gasteiger partial charge in [0.15, 0.2) is 0 Å². The predicted molar refractivity (Wildman–Crippen MR) is 76.8 cm³/mol. The van der Waals surface area contributed by atoms with Crippen molar-refractivity contribution in [2.45, 2.75) is 12.6 Å². The van der Waals surface area contributed by atoms with Crippen LogP contribution in [0.5, 0.6) is 0 Å². The lowest BCUT2D eigenvalue weighted by molar-refractivity contribution is 0.129. The normalized spacial score (nSPS) is 18.4. The summed E-state index contributed by atoms with van der Waals surface area (Å²) in [6.45, 7) is 0.786. The number of amides is 1. The number of halogens is 2. The monoisotopic (exact) mass is 388 g/mol. The van der Waals surface area contributed by atoms with Gasteiger partial charge in [0.2, 0.25) is 0 Å². The number of aromatic nitrogens is 3. The highest BCUT2D eigenvalue weighted by Crippen LogP contribution is 2.24. The summed E-state index contributed by atoms with van der Waals surface area (Å²) in [5.41, 5.74) is 0.494. The molecule has 8 heteroatoms. The van der Waals surface area contributed by atoms with Gasteiger partial charge in [0.25, 0.3) is 0 Å². The van der Waals surface area contributed by atoms with Crippen LogP contribution in [0.2, 0.25) is 0 Å². The molecular weight excluding hydrogens is 378 g/mol. The number of cyclic esters (lactones) is 1. The number of hydrogen-bond donors (Lipinski definition) is 0. The van der Waals surface area contributed by atoms with Crippen LogP contribution in [0.4, 0.5) is 14.9 Å². The van der Waals surface area contributed by atoms with Gasteiger partial charge in [-0.2, -0.15) is 0 Å². The lowest BCUT2D eigenvalue weighted by atomic mass is 10.2. The Labute approximate surface area is 127 Å². The minimum atomic E-state index is -0.476. The molecule has 3 rings (SSSR count). The molecule has 104 valence electrons. The zero-order valence-corrected chi connectivity index (χ0v) is 12.4. The van der Waals surface area contributed by atoms with Gasteiger partial charge in [0, 0.05) is 9.77 Å². The average Bonchev–Trinajstić information content (AvgIpc) is 3.03. The molecule has 1 atom stereocenters. The molecule has 0 aliphatic carbocycles. The highest BCUT2D eigenvalue weighted by atomic mass is 127. The molecular formula is C12H10FIN4O2. The minimum Gasteiger partial charge on any atom is -0.442 e. The molecule has 1 unspecified atom stereocenters. The van der Waals surface area contributed by atoms with Gasteiger partial charge in [-0.15, -0.1) is 5.10 Å². The standard InChI is InChI=1S/C12H10FIN4O2/c13-10-5-8(1-2-11(10)14)18-7-9(20-12(18)19)6-17-4-3-15-16-17/h1-5,9H,6-7H2. The maximum Gasteiger partial charge on any atom is 0.414 e. The van der Waals surface area contributed by atoms with Crippen LogP contribution >= 0.6 is 22.6 Å². The molecule has 1 aliphatic heterocycles. The summed E-state index contributed by atoms with van der Waals surface area (Å²) in [4.78, 5) is 13.3. The molecule has 20 heavy (non-hydrogen) atoms. The first-order valence-corrected chi connectivity index (χ1v) is 6.98. The zero-order valence-electron chi connectivity index (χ0n) is 10.2. The number of benzene rings is 1. The highest BCUT2D eigenvalue weighted by Gasteiger charge is 2.33. The summed E-state index contributed by atoms with van der Waals surface area (Å²) in [5, 5.41) is 7.51. The summed E-state index contributed by atoms with van der Waals surface area (Å²) in [7, 11) is 0. The van der Waals surface area contributed by atoms with E-state index in [1.54, 1.807) is 29.2 Å². The van der Waals surface area contributed by atoms with E-state index in [4.69, 9.17) is 4.74 Å². The van der Waals surface area contributed by atoms with Gasteiger partial charge in [-0.3, -0.25) is 4.90 Å². The lowest BCUT2D eigenvalue weighted by Crippen LogP contribution is -2.26. The second-order valence-corrected chi connectivity index (χ2v) is 5.50. The van der Waals surface area contributed by atoms with Crippen LogP contribution in [-0.2, 0) is 11.3 Å². The lowest BCUT2D eigenvalue weighted by Gasteiger charge is -2.13. The Morgan fingerprint density at radius 2 is 2.35 bits per heavy atom. The van der Waals surface area contributed by atoms with E-state index in [9.17, 15) is 9.18 Å².